The number of benzene rings is 4. The topological polar surface area (TPSA) is 93.7 Å². The van der Waals surface area contributed by atoms with Crippen LogP contribution >= 0.6 is 0 Å². The summed E-state index contributed by atoms with van der Waals surface area (Å²) in [5, 5.41) is 5.12. The van der Waals surface area contributed by atoms with Gasteiger partial charge in [0.05, 0.1) is 16.6 Å². The van der Waals surface area contributed by atoms with Crippen LogP contribution in [0.4, 0.5) is 5.69 Å². The highest BCUT2D eigenvalue weighted by atomic mass is 32.2. The molecule has 1 atom stereocenters. The molecule has 7 nitrogen and oxygen atoms in total. The molecule has 0 saturated carbocycles. The Hall–Kier alpha value is -4.04. The molecule has 34 heavy (non-hydrogen) atoms. The summed E-state index contributed by atoms with van der Waals surface area (Å²) in [5.41, 5.74) is 1.57. The average Bonchev–Trinajstić information content (AvgIpc) is 3.31. The number of carbonyl (C=O) groups excluding carboxylic acids is 1. The fourth-order valence-corrected chi connectivity index (χ4v) is 5.06. The van der Waals surface area contributed by atoms with Crippen molar-refractivity contribution in [2.75, 3.05) is 11.5 Å². The van der Waals surface area contributed by atoms with Gasteiger partial charge in [-0.2, -0.15) is 0 Å². The Balaban J connectivity index is 1.35. The van der Waals surface area contributed by atoms with Crippen molar-refractivity contribution in [1.82, 2.24) is 5.32 Å². The molecule has 1 aliphatic rings. The predicted molar refractivity (Wildman–Crippen MR) is 130 cm³/mol. The zero-order valence-corrected chi connectivity index (χ0v) is 19.1. The van der Waals surface area contributed by atoms with Crippen molar-refractivity contribution in [2.45, 2.75) is 17.9 Å². The van der Waals surface area contributed by atoms with E-state index in [1.165, 1.54) is 12.1 Å². The minimum absolute atomic E-state index is 0.0179. The smallest absolute Gasteiger partial charge is 0.261 e. The van der Waals surface area contributed by atoms with E-state index >= 15 is 0 Å². The zero-order chi connectivity index (χ0) is 23.7. The van der Waals surface area contributed by atoms with E-state index in [9.17, 15) is 13.2 Å². The third kappa shape index (κ3) is 4.27. The molecule has 0 radical (unpaired) electrons. The summed E-state index contributed by atoms with van der Waals surface area (Å²) in [6, 6.07) is 24.4. The van der Waals surface area contributed by atoms with Gasteiger partial charge >= 0.3 is 0 Å². The number of rotatable bonds is 6. The van der Waals surface area contributed by atoms with E-state index in [4.69, 9.17) is 9.47 Å². The van der Waals surface area contributed by atoms with E-state index in [1.54, 1.807) is 30.3 Å². The summed E-state index contributed by atoms with van der Waals surface area (Å²) in [7, 11) is -3.92. The first-order chi connectivity index (χ1) is 16.4. The van der Waals surface area contributed by atoms with E-state index < -0.39 is 10.0 Å². The minimum atomic E-state index is -3.92. The number of sulfonamides is 1. The van der Waals surface area contributed by atoms with Crippen molar-refractivity contribution < 1.29 is 22.7 Å². The number of ether oxygens (including phenoxy) is 2. The van der Waals surface area contributed by atoms with Crippen LogP contribution in [0.15, 0.2) is 89.8 Å². The highest BCUT2D eigenvalue weighted by Gasteiger charge is 2.20. The first kappa shape index (κ1) is 21.8. The number of hydrogen-bond acceptors (Lipinski definition) is 5. The monoisotopic (exact) mass is 474 g/mol. The summed E-state index contributed by atoms with van der Waals surface area (Å²) < 4.78 is 39.0. The van der Waals surface area contributed by atoms with Crippen LogP contribution in [0.1, 0.15) is 28.9 Å². The van der Waals surface area contributed by atoms with E-state index in [0.29, 0.717) is 17.2 Å². The third-order valence-corrected chi connectivity index (χ3v) is 7.05. The van der Waals surface area contributed by atoms with Crippen LogP contribution in [0.25, 0.3) is 10.8 Å². The molecule has 1 unspecified atom stereocenters. The Morgan fingerprint density at radius 1 is 0.882 bits per heavy atom. The van der Waals surface area contributed by atoms with Crippen molar-refractivity contribution in [1.29, 1.82) is 0 Å². The Labute approximate surface area is 197 Å². The number of hydrogen-bond donors (Lipinski definition) is 2. The average molecular weight is 475 g/mol. The van der Waals surface area contributed by atoms with Crippen molar-refractivity contribution in [3.63, 3.8) is 0 Å². The molecule has 0 spiro atoms. The van der Waals surface area contributed by atoms with Gasteiger partial charge < -0.3 is 14.8 Å². The summed E-state index contributed by atoms with van der Waals surface area (Å²) in [5.74, 6) is 0.665. The molecular weight excluding hydrogens is 452 g/mol. The Morgan fingerprint density at radius 2 is 1.65 bits per heavy atom. The van der Waals surface area contributed by atoms with E-state index in [-0.39, 0.29) is 29.2 Å². The lowest BCUT2D eigenvalue weighted by Gasteiger charge is -2.17. The molecule has 0 fully saturated rings. The molecule has 8 heteroatoms. The number of fused-ring (bicyclic) bond motifs is 2. The molecule has 0 saturated heterocycles. The van der Waals surface area contributed by atoms with Gasteiger partial charge in [0.1, 0.15) is 0 Å². The maximum absolute atomic E-state index is 13.0. The largest absolute Gasteiger partial charge is 0.454 e. The van der Waals surface area contributed by atoms with Gasteiger partial charge in [-0.3, -0.25) is 9.52 Å². The number of nitrogens with one attached hydrogen (secondary N) is 2. The second-order valence-corrected chi connectivity index (χ2v) is 9.65. The molecule has 1 amide bonds. The van der Waals surface area contributed by atoms with Crippen LogP contribution in [-0.2, 0) is 10.0 Å². The predicted octanol–water partition coefficient (Wildman–Crippen LogP) is 4.86. The van der Waals surface area contributed by atoms with Crippen LogP contribution in [0.3, 0.4) is 0 Å². The molecule has 4 aromatic carbocycles. The van der Waals surface area contributed by atoms with Crippen molar-refractivity contribution in [3.8, 4) is 11.5 Å². The summed E-state index contributed by atoms with van der Waals surface area (Å²) in [6.45, 7) is 2.00. The second kappa shape index (κ2) is 8.72. The van der Waals surface area contributed by atoms with E-state index in [2.05, 4.69) is 10.0 Å². The van der Waals surface area contributed by atoms with Crippen LogP contribution < -0.4 is 19.5 Å². The van der Waals surface area contributed by atoms with Gasteiger partial charge in [-0.25, -0.2) is 8.42 Å². The third-order valence-electron chi connectivity index (χ3n) is 5.67. The molecule has 0 bridgehead atoms. The van der Waals surface area contributed by atoms with Crippen molar-refractivity contribution in [2.24, 2.45) is 0 Å². The summed E-state index contributed by atoms with van der Waals surface area (Å²) in [6.07, 6.45) is 0. The van der Waals surface area contributed by atoms with Crippen LogP contribution in [0.2, 0.25) is 0 Å². The van der Waals surface area contributed by atoms with Gasteiger partial charge in [0, 0.05) is 11.6 Å². The Morgan fingerprint density at radius 3 is 2.53 bits per heavy atom. The lowest BCUT2D eigenvalue weighted by atomic mass is 9.99. The number of carbonyl (C=O) groups is 1. The maximum Gasteiger partial charge on any atom is 0.261 e. The second-order valence-electron chi connectivity index (χ2n) is 7.96. The maximum atomic E-state index is 13.0. The molecule has 1 heterocycles. The van der Waals surface area contributed by atoms with Crippen molar-refractivity contribution in [3.05, 3.63) is 96.1 Å². The summed E-state index contributed by atoms with van der Waals surface area (Å²) in [4.78, 5) is 13.0. The number of amides is 1. The lowest BCUT2D eigenvalue weighted by Crippen LogP contribution is -2.27. The first-order valence-electron chi connectivity index (χ1n) is 10.7. The molecule has 4 aromatic rings. The Bertz CT molecular complexity index is 1500. The lowest BCUT2D eigenvalue weighted by molar-refractivity contribution is 0.0940. The quantitative estimate of drug-likeness (QED) is 0.416. The normalized spacial score (nSPS) is 13.4. The highest BCUT2D eigenvalue weighted by Crippen LogP contribution is 2.35. The van der Waals surface area contributed by atoms with Gasteiger partial charge in [-0.1, -0.05) is 48.5 Å². The fourth-order valence-electron chi connectivity index (χ4n) is 3.96. The molecule has 0 aromatic heterocycles. The standard InChI is InChI=1S/C26H22N2O5S/c1-17(22-11-5-7-18-6-2-3-10-23(18)22)27-26(29)19-8-4-9-21(14-19)34(30,31)28-20-12-13-24-25(15-20)33-16-32-24/h2-15,17,28H,16H2,1H3,(H,27,29). The highest BCUT2D eigenvalue weighted by molar-refractivity contribution is 7.92. The number of anilines is 1. The van der Waals surface area contributed by atoms with Gasteiger partial charge in [-0.05, 0) is 53.6 Å². The van der Waals surface area contributed by atoms with Gasteiger partial charge in [0.2, 0.25) is 6.79 Å². The van der Waals surface area contributed by atoms with Gasteiger partial charge in [0.25, 0.3) is 15.9 Å². The first-order valence-corrected chi connectivity index (χ1v) is 12.2. The SMILES string of the molecule is CC(NC(=O)c1cccc(S(=O)(=O)Nc2ccc3c(c2)OCO3)c1)c1cccc2ccccc12. The van der Waals surface area contributed by atoms with Gasteiger partial charge in [0.15, 0.2) is 11.5 Å². The molecule has 2 N–H and O–H groups in total. The molecule has 5 rings (SSSR count). The van der Waals surface area contributed by atoms with E-state index in [0.717, 1.165) is 16.3 Å². The van der Waals surface area contributed by atoms with Crippen LogP contribution in [-0.4, -0.2) is 21.1 Å². The molecular formula is C26H22N2O5S. The molecule has 1 aliphatic heterocycles. The Kier molecular flexibility index (Phi) is 5.59. The van der Waals surface area contributed by atoms with E-state index in [1.807, 2.05) is 49.4 Å². The zero-order valence-electron chi connectivity index (χ0n) is 18.3. The van der Waals surface area contributed by atoms with Crippen LogP contribution in [0.5, 0.6) is 11.5 Å². The molecule has 0 aliphatic carbocycles. The fraction of sp³-hybridized carbons (Fsp3) is 0.115. The van der Waals surface area contributed by atoms with Crippen molar-refractivity contribution >= 4 is 32.4 Å². The van der Waals surface area contributed by atoms with Gasteiger partial charge in [-0.15, -0.1) is 0 Å². The summed E-state index contributed by atoms with van der Waals surface area (Å²) >= 11 is 0. The minimum Gasteiger partial charge on any atom is -0.454 e. The van der Waals surface area contributed by atoms with Crippen LogP contribution in [0, 0.1) is 0 Å². The molecule has 172 valence electrons.